The molecule has 0 saturated carbocycles. The summed E-state index contributed by atoms with van der Waals surface area (Å²) >= 11 is 2.32. The Kier molecular flexibility index (Phi) is 3.63. The molecule has 0 amide bonds. The van der Waals surface area contributed by atoms with Crippen LogP contribution >= 0.6 is 22.6 Å². The fraction of sp³-hybridized carbons (Fsp3) is 0.143. The Labute approximate surface area is 124 Å². The number of fused-ring (bicyclic) bond motifs is 1. The van der Waals surface area contributed by atoms with Crippen molar-refractivity contribution in [3.63, 3.8) is 0 Å². The average molecular weight is 365 g/mol. The van der Waals surface area contributed by atoms with Crippen molar-refractivity contribution in [3.8, 4) is 0 Å². The Balaban J connectivity index is 1.91. The van der Waals surface area contributed by atoms with E-state index in [1.54, 1.807) is 0 Å². The molecule has 2 aromatic carbocycles. The number of benzene rings is 2. The first-order valence-corrected chi connectivity index (χ1v) is 7.49. The van der Waals surface area contributed by atoms with Crippen LogP contribution < -0.4 is 4.84 Å². The standard InChI is InChI=1S/C14H12IN3O/c15-10-14(11-6-2-1-3-7-11)19-18-13-9-5-4-8-12(13)16-17-18/h1-9,14H,10H2. The van der Waals surface area contributed by atoms with Crippen molar-refractivity contribution in [2.24, 2.45) is 0 Å². The number of hydrogen-bond donors (Lipinski definition) is 0. The molecule has 1 atom stereocenters. The van der Waals surface area contributed by atoms with Crippen molar-refractivity contribution in [3.05, 3.63) is 60.2 Å². The van der Waals surface area contributed by atoms with Gasteiger partial charge in [-0.3, -0.25) is 0 Å². The van der Waals surface area contributed by atoms with Gasteiger partial charge >= 0.3 is 0 Å². The third-order valence-electron chi connectivity index (χ3n) is 2.86. The van der Waals surface area contributed by atoms with Crippen LogP contribution in [-0.4, -0.2) is 19.6 Å². The van der Waals surface area contributed by atoms with Crippen LogP contribution in [0.2, 0.25) is 0 Å². The molecule has 19 heavy (non-hydrogen) atoms. The summed E-state index contributed by atoms with van der Waals surface area (Å²) in [6, 6.07) is 17.9. The lowest BCUT2D eigenvalue weighted by atomic mass is 10.1. The molecular formula is C14H12IN3O. The van der Waals surface area contributed by atoms with Crippen molar-refractivity contribution in [2.75, 3.05) is 4.43 Å². The summed E-state index contributed by atoms with van der Waals surface area (Å²) in [5.74, 6) is 0. The third kappa shape index (κ3) is 2.56. The van der Waals surface area contributed by atoms with Gasteiger partial charge in [0.05, 0.1) is 0 Å². The molecule has 1 heterocycles. The molecule has 3 rings (SSSR count). The van der Waals surface area contributed by atoms with E-state index in [1.807, 2.05) is 42.5 Å². The topological polar surface area (TPSA) is 39.9 Å². The lowest BCUT2D eigenvalue weighted by molar-refractivity contribution is 0.0337. The van der Waals surface area contributed by atoms with Gasteiger partial charge < -0.3 is 4.84 Å². The number of halogens is 1. The quantitative estimate of drug-likeness (QED) is 0.527. The van der Waals surface area contributed by atoms with Gasteiger partial charge in [-0.05, 0) is 22.9 Å². The van der Waals surface area contributed by atoms with Gasteiger partial charge in [0.1, 0.15) is 11.0 Å². The van der Waals surface area contributed by atoms with Crippen LogP contribution in [0, 0.1) is 0 Å². The van der Waals surface area contributed by atoms with Crippen molar-refractivity contribution >= 4 is 33.6 Å². The molecule has 0 saturated heterocycles. The van der Waals surface area contributed by atoms with E-state index in [0.29, 0.717) is 0 Å². The molecule has 0 fully saturated rings. The second kappa shape index (κ2) is 5.56. The molecule has 1 unspecified atom stereocenters. The molecule has 5 heteroatoms. The summed E-state index contributed by atoms with van der Waals surface area (Å²) in [5.41, 5.74) is 2.85. The van der Waals surface area contributed by atoms with Crippen LogP contribution in [0.15, 0.2) is 54.6 Å². The van der Waals surface area contributed by atoms with E-state index in [1.165, 1.54) is 4.85 Å². The smallest absolute Gasteiger partial charge is 0.161 e. The summed E-state index contributed by atoms with van der Waals surface area (Å²) in [4.78, 5) is 7.44. The molecule has 0 aliphatic carbocycles. The van der Waals surface area contributed by atoms with E-state index in [0.717, 1.165) is 21.0 Å². The van der Waals surface area contributed by atoms with Gasteiger partial charge in [-0.2, -0.15) is 0 Å². The first-order valence-electron chi connectivity index (χ1n) is 5.97. The van der Waals surface area contributed by atoms with Gasteiger partial charge in [-0.15, -0.1) is 5.10 Å². The lowest BCUT2D eigenvalue weighted by Crippen LogP contribution is -2.20. The SMILES string of the molecule is ICC(On1nnc2ccccc21)c1ccccc1. The summed E-state index contributed by atoms with van der Waals surface area (Å²) < 4.78 is 0.843. The van der Waals surface area contributed by atoms with Gasteiger partial charge in [0.15, 0.2) is 6.10 Å². The maximum atomic E-state index is 5.94. The second-order valence-corrected chi connectivity index (χ2v) is 4.99. The van der Waals surface area contributed by atoms with Crippen molar-refractivity contribution in [2.45, 2.75) is 6.10 Å². The number of hydrogen-bond acceptors (Lipinski definition) is 3. The number of nitrogens with zero attached hydrogens (tertiary/aromatic N) is 3. The maximum Gasteiger partial charge on any atom is 0.161 e. The maximum absolute atomic E-state index is 5.94. The predicted octanol–water partition coefficient (Wildman–Crippen LogP) is 3.04. The monoisotopic (exact) mass is 365 g/mol. The minimum atomic E-state index is -0.0353. The van der Waals surface area contributed by atoms with E-state index in [2.05, 4.69) is 45.0 Å². The van der Waals surface area contributed by atoms with Crippen molar-refractivity contribution in [1.29, 1.82) is 0 Å². The summed E-state index contributed by atoms with van der Waals surface area (Å²) in [5, 5.41) is 8.13. The van der Waals surface area contributed by atoms with Crippen LogP contribution in [0.3, 0.4) is 0 Å². The number of alkyl halides is 1. The molecule has 0 N–H and O–H groups in total. The minimum absolute atomic E-state index is 0.0353. The van der Waals surface area contributed by atoms with E-state index in [-0.39, 0.29) is 6.10 Å². The van der Waals surface area contributed by atoms with E-state index in [4.69, 9.17) is 4.84 Å². The van der Waals surface area contributed by atoms with Gasteiger partial charge in [0, 0.05) is 4.43 Å². The predicted molar refractivity (Wildman–Crippen MR) is 82.2 cm³/mol. The highest BCUT2D eigenvalue weighted by molar-refractivity contribution is 14.1. The van der Waals surface area contributed by atoms with Crippen LogP contribution in [0.25, 0.3) is 11.0 Å². The Morgan fingerprint density at radius 2 is 1.79 bits per heavy atom. The summed E-state index contributed by atoms with van der Waals surface area (Å²) in [7, 11) is 0. The van der Waals surface area contributed by atoms with Crippen LogP contribution in [0.5, 0.6) is 0 Å². The van der Waals surface area contributed by atoms with Gasteiger partial charge in [0.2, 0.25) is 0 Å². The molecule has 0 aliphatic heterocycles. The Bertz CT molecular complexity index is 669. The molecule has 0 radical (unpaired) electrons. The zero-order valence-corrected chi connectivity index (χ0v) is 12.3. The highest BCUT2D eigenvalue weighted by Gasteiger charge is 2.14. The minimum Gasteiger partial charge on any atom is -0.386 e. The third-order valence-corrected chi connectivity index (χ3v) is 3.66. The molecule has 0 bridgehead atoms. The number of aromatic nitrogens is 3. The average Bonchev–Trinajstić information content (AvgIpc) is 2.89. The first-order chi connectivity index (χ1) is 9.38. The number of para-hydroxylation sites is 1. The normalized spacial score (nSPS) is 12.5. The Hall–Kier alpha value is -1.63. The van der Waals surface area contributed by atoms with Gasteiger partial charge in [0.25, 0.3) is 0 Å². The van der Waals surface area contributed by atoms with Crippen molar-refractivity contribution < 1.29 is 4.84 Å². The summed E-state index contributed by atoms with van der Waals surface area (Å²) in [6.45, 7) is 0. The zero-order chi connectivity index (χ0) is 13.1. The molecule has 96 valence electrons. The molecule has 0 spiro atoms. The summed E-state index contributed by atoms with van der Waals surface area (Å²) in [6.07, 6.45) is -0.0353. The van der Waals surface area contributed by atoms with Gasteiger partial charge in [-0.1, -0.05) is 69.9 Å². The molecule has 3 aromatic rings. The van der Waals surface area contributed by atoms with Gasteiger partial charge in [-0.25, -0.2) is 0 Å². The fourth-order valence-corrected chi connectivity index (χ4v) is 2.56. The second-order valence-electron chi connectivity index (χ2n) is 4.11. The van der Waals surface area contributed by atoms with E-state index >= 15 is 0 Å². The fourth-order valence-electron chi connectivity index (χ4n) is 1.89. The molecule has 0 aliphatic rings. The zero-order valence-electron chi connectivity index (χ0n) is 10.1. The lowest BCUT2D eigenvalue weighted by Gasteiger charge is -2.16. The number of rotatable bonds is 4. The molecule has 1 aromatic heterocycles. The van der Waals surface area contributed by atoms with Crippen LogP contribution in [0.1, 0.15) is 11.7 Å². The van der Waals surface area contributed by atoms with Crippen LogP contribution in [-0.2, 0) is 0 Å². The molecular weight excluding hydrogens is 353 g/mol. The highest BCUT2D eigenvalue weighted by atomic mass is 127. The highest BCUT2D eigenvalue weighted by Crippen LogP contribution is 2.18. The van der Waals surface area contributed by atoms with E-state index < -0.39 is 0 Å². The van der Waals surface area contributed by atoms with Crippen LogP contribution in [0.4, 0.5) is 0 Å². The van der Waals surface area contributed by atoms with Crippen molar-refractivity contribution in [1.82, 2.24) is 15.2 Å². The van der Waals surface area contributed by atoms with E-state index in [9.17, 15) is 0 Å². The Morgan fingerprint density at radius 1 is 1.05 bits per heavy atom. The largest absolute Gasteiger partial charge is 0.386 e. The first kappa shape index (κ1) is 12.4. The molecule has 4 nitrogen and oxygen atoms in total. The Morgan fingerprint density at radius 3 is 2.58 bits per heavy atom.